The van der Waals surface area contributed by atoms with E-state index in [0.717, 1.165) is 5.56 Å². The number of amides is 2. The summed E-state index contributed by atoms with van der Waals surface area (Å²) < 4.78 is 18.7. The van der Waals surface area contributed by atoms with Gasteiger partial charge in [-0.25, -0.2) is 4.39 Å². The third-order valence-electron chi connectivity index (χ3n) is 4.30. The van der Waals surface area contributed by atoms with E-state index in [1.807, 2.05) is 6.92 Å². The fourth-order valence-corrected chi connectivity index (χ4v) is 2.88. The van der Waals surface area contributed by atoms with Crippen LogP contribution in [0.25, 0.3) is 0 Å². The van der Waals surface area contributed by atoms with Crippen molar-refractivity contribution in [2.45, 2.75) is 19.8 Å². The minimum atomic E-state index is -0.443. The van der Waals surface area contributed by atoms with Crippen molar-refractivity contribution < 1.29 is 18.4 Å². The number of aryl methyl sites for hydroxylation is 1. The van der Waals surface area contributed by atoms with Crippen LogP contribution in [0.15, 0.2) is 41.2 Å². The van der Waals surface area contributed by atoms with Gasteiger partial charge in [-0.15, -0.1) is 0 Å². The van der Waals surface area contributed by atoms with Crippen LogP contribution in [0.3, 0.4) is 0 Å². The van der Waals surface area contributed by atoms with E-state index in [9.17, 15) is 14.0 Å². The van der Waals surface area contributed by atoms with Gasteiger partial charge in [0.1, 0.15) is 12.1 Å². The fraction of sp³-hybridized carbons (Fsp3) is 0.333. The van der Waals surface area contributed by atoms with Crippen LogP contribution in [0.5, 0.6) is 0 Å². The van der Waals surface area contributed by atoms with Gasteiger partial charge in [0.15, 0.2) is 0 Å². The van der Waals surface area contributed by atoms with Crippen molar-refractivity contribution in [1.29, 1.82) is 0 Å². The number of carbonyl (C=O) groups excluding carboxylic acids is 2. The lowest BCUT2D eigenvalue weighted by Gasteiger charge is -2.31. The SMILES string of the molecule is Cc1ccc(F)c(NC(=O)C2CCN(C(=O)c3ccoc3)CC2)c1. The molecule has 0 unspecified atom stereocenters. The third kappa shape index (κ3) is 3.48. The molecular formula is C18H19FN2O3. The second kappa shape index (κ2) is 6.86. The number of anilines is 1. The van der Waals surface area contributed by atoms with Crippen molar-refractivity contribution in [3.63, 3.8) is 0 Å². The Morgan fingerprint density at radius 3 is 2.67 bits per heavy atom. The molecule has 2 heterocycles. The van der Waals surface area contributed by atoms with Crippen molar-refractivity contribution >= 4 is 17.5 Å². The van der Waals surface area contributed by atoms with Crippen molar-refractivity contribution in [2.24, 2.45) is 5.92 Å². The molecule has 1 N–H and O–H groups in total. The normalized spacial score (nSPS) is 15.3. The summed E-state index contributed by atoms with van der Waals surface area (Å²) in [6.45, 7) is 2.84. The molecule has 126 valence electrons. The minimum absolute atomic E-state index is 0.0904. The largest absolute Gasteiger partial charge is 0.472 e. The molecule has 0 radical (unpaired) electrons. The Kier molecular flexibility index (Phi) is 4.64. The fourth-order valence-electron chi connectivity index (χ4n) is 2.88. The van der Waals surface area contributed by atoms with Crippen molar-refractivity contribution in [2.75, 3.05) is 18.4 Å². The van der Waals surface area contributed by atoms with Gasteiger partial charge < -0.3 is 14.6 Å². The first-order valence-electron chi connectivity index (χ1n) is 7.93. The molecule has 0 saturated carbocycles. The lowest BCUT2D eigenvalue weighted by molar-refractivity contribution is -0.121. The van der Waals surface area contributed by atoms with Crippen LogP contribution in [0.2, 0.25) is 0 Å². The van der Waals surface area contributed by atoms with Crippen LogP contribution in [0.1, 0.15) is 28.8 Å². The predicted octanol–water partition coefficient (Wildman–Crippen LogP) is 3.22. The van der Waals surface area contributed by atoms with Gasteiger partial charge in [0.25, 0.3) is 5.91 Å². The predicted molar refractivity (Wildman–Crippen MR) is 87.1 cm³/mol. The molecule has 1 fully saturated rings. The number of rotatable bonds is 3. The topological polar surface area (TPSA) is 62.6 Å². The van der Waals surface area contributed by atoms with Crippen LogP contribution < -0.4 is 5.32 Å². The summed E-state index contributed by atoms with van der Waals surface area (Å²) in [6.07, 6.45) is 4.00. The van der Waals surface area contributed by atoms with Crippen LogP contribution in [-0.2, 0) is 4.79 Å². The average molecular weight is 330 g/mol. The third-order valence-corrected chi connectivity index (χ3v) is 4.30. The lowest BCUT2D eigenvalue weighted by Crippen LogP contribution is -2.41. The van der Waals surface area contributed by atoms with E-state index in [-0.39, 0.29) is 23.4 Å². The summed E-state index contributed by atoms with van der Waals surface area (Å²) in [7, 11) is 0. The molecule has 1 aromatic heterocycles. The highest BCUT2D eigenvalue weighted by Gasteiger charge is 2.28. The summed E-state index contributed by atoms with van der Waals surface area (Å²) >= 11 is 0. The summed E-state index contributed by atoms with van der Waals surface area (Å²) in [4.78, 5) is 26.3. The molecule has 0 bridgehead atoms. The summed E-state index contributed by atoms with van der Waals surface area (Å²) in [5, 5.41) is 2.66. The van der Waals surface area contributed by atoms with Gasteiger partial charge in [-0.05, 0) is 43.5 Å². The molecule has 2 amide bonds. The van der Waals surface area contributed by atoms with Gasteiger partial charge >= 0.3 is 0 Å². The van der Waals surface area contributed by atoms with E-state index >= 15 is 0 Å². The number of furan rings is 1. The highest BCUT2D eigenvalue weighted by atomic mass is 19.1. The molecule has 1 saturated heterocycles. The highest BCUT2D eigenvalue weighted by Crippen LogP contribution is 2.22. The Hall–Kier alpha value is -2.63. The van der Waals surface area contributed by atoms with Crippen LogP contribution in [-0.4, -0.2) is 29.8 Å². The zero-order valence-corrected chi connectivity index (χ0v) is 13.4. The number of nitrogens with zero attached hydrogens (tertiary/aromatic N) is 1. The quantitative estimate of drug-likeness (QED) is 0.940. The molecule has 24 heavy (non-hydrogen) atoms. The molecule has 1 aromatic carbocycles. The van der Waals surface area contributed by atoms with Gasteiger partial charge in [0, 0.05) is 19.0 Å². The van der Waals surface area contributed by atoms with E-state index in [1.54, 1.807) is 23.1 Å². The molecule has 0 aliphatic carbocycles. The Balaban J connectivity index is 1.57. The maximum absolute atomic E-state index is 13.7. The molecule has 3 rings (SSSR count). The zero-order chi connectivity index (χ0) is 17.1. The van der Waals surface area contributed by atoms with E-state index < -0.39 is 5.82 Å². The standard InChI is InChI=1S/C18H19FN2O3/c1-12-2-3-15(19)16(10-12)20-17(22)13-4-7-21(8-5-13)18(23)14-6-9-24-11-14/h2-3,6,9-11,13H,4-5,7-8H2,1H3,(H,20,22). The zero-order valence-electron chi connectivity index (χ0n) is 13.4. The first kappa shape index (κ1) is 16.2. The number of nitrogens with one attached hydrogen (secondary N) is 1. The molecule has 6 heteroatoms. The van der Waals surface area contributed by atoms with E-state index in [0.29, 0.717) is 31.5 Å². The minimum Gasteiger partial charge on any atom is -0.472 e. The molecule has 0 spiro atoms. The van der Waals surface area contributed by atoms with Gasteiger partial charge in [0.2, 0.25) is 5.91 Å². The van der Waals surface area contributed by atoms with Crippen molar-refractivity contribution in [3.8, 4) is 0 Å². The maximum atomic E-state index is 13.7. The number of likely N-dealkylation sites (tertiary alicyclic amines) is 1. The number of hydrogen-bond acceptors (Lipinski definition) is 3. The average Bonchev–Trinajstić information content (AvgIpc) is 3.12. The van der Waals surface area contributed by atoms with Crippen molar-refractivity contribution in [3.05, 3.63) is 53.7 Å². The number of hydrogen-bond donors (Lipinski definition) is 1. The number of carbonyl (C=O) groups is 2. The van der Waals surface area contributed by atoms with Crippen molar-refractivity contribution in [1.82, 2.24) is 4.90 Å². The second-order valence-electron chi connectivity index (χ2n) is 6.05. The van der Waals surface area contributed by atoms with Crippen LogP contribution in [0, 0.1) is 18.7 Å². The number of piperidine rings is 1. The second-order valence-corrected chi connectivity index (χ2v) is 6.05. The van der Waals surface area contributed by atoms with E-state index in [4.69, 9.17) is 4.42 Å². The summed E-state index contributed by atoms with van der Waals surface area (Å²) in [5.41, 5.74) is 1.60. The lowest BCUT2D eigenvalue weighted by atomic mass is 9.95. The van der Waals surface area contributed by atoms with Gasteiger partial charge in [-0.3, -0.25) is 9.59 Å². The number of halogens is 1. The van der Waals surface area contributed by atoms with Gasteiger partial charge in [-0.2, -0.15) is 0 Å². The summed E-state index contributed by atoms with van der Waals surface area (Å²) in [5.74, 6) is -0.956. The monoisotopic (exact) mass is 330 g/mol. The Morgan fingerprint density at radius 1 is 1.25 bits per heavy atom. The molecule has 5 nitrogen and oxygen atoms in total. The maximum Gasteiger partial charge on any atom is 0.257 e. The molecular weight excluding hydrogens is 311 g/mol. The van der Waals surface area contributed by atoms with E-state index in [1.165, 1.54) is 18.6 Å². The van der Waals surface area contributed by atoms with Gasteiger partial charge in [-0.1, -0.05) is 6.07 Å². The molecule has 1 aliphatic heterocycles. The Morgan fingerprint density at radius 2 is 2.00 bits per heavy atom. The summed E-state index contributed by atoms with van der Waals surface area (Å²) in [6, 6.07) is 6.24. The van der Waals surface area contributed by atoms with Gasteiger partial charge in [0.05, 0.1) is 17.5 Å². The Labute approximate surface area is 139 Å². The molecule has 2 aromatic rings. The first-order chi connectivity index (χ1) is 11.5. The molecule has 1 aliphatic rings. The first-order valence-corrected chi connectivity index (χ1v) is 7.93. The smallest absolute Gasteiger partial charge is 0.257 e. The highest BCUT2D eigenvalue weighted by molar-refractivity contribution is 5.95. The van der Waals surface area contributed by atoms with Crippen LogP contribution in [0.4, 0.5) is 10.1 Å². The van der Waals surface area contributed by atoms with E-state index in [2.05, 4.69) is 5.32 Å². The Bertz CT molecular complexity index is 735. The molecule has 0 atom stereocenters. The van der Waals surface area contributed by atoms with Crippen LogP contribution >= 0.6 is 0 Å². The number of benzene rings is 1.